The van der Waals surface area contributed by atoms with E-state index in [1.165, 1.54) is 11.3 Å². The van der Waals surface area contributed by atoms with Gasteiger partial charge in [0.05, 0.1) is 14.5 Å². The Morgan fingerprint density at radius 1 is 1.90 bits per heavy atom. The fraction of sp³-hybridized carbons (Fsp3) is 0.167. The van der Waals surface area contributed by atoms with Crippen LogP contribution < -0.4 is 0 Å². The minimum Gasteiger partial charge on any atom is -0.292 e. The number of carbonyl (C=O) groups excluding carboxylic acids is 1. The summed E-state index contributed by atoms with van der Waals surface area (Å²) in [5, 5.41) is 0.334. The second kappa shape index (κ2) is 3.51. The number of hydrogen-bond donors (Lipinski definition) is 0. The Morgan fingerprint density at radius 2 is 2.60 bits per heavy atom. The fourth-order valence-corrected chi connectivity index (χ4v) is 1.85. The lowest BCUT2D eigenvalue weighted by atomic mass is 10.4. The Morgan fingerprint density at radius 3 is 3.00 bits per heavy atom. The molecule has 0 fully saturated rings. The van der Waals surface area contributed by atoms with Gasteiger partial charge in [-0.05, 0) is 6.07 Å². The first-order valence-electron chi connectivity index (χ1n) is 2.50. The number of rotatable bonds is 2. The highest BCUT2D eigenvalue weighted by Crippen LogP contribution is 2.21. The van der Waals surface area contributed by atoms with Crippen LogP contribution in [-0.2, 0) is 0 Å². The summed E-state index contributed by atoms with van der Waals surface area (Å²) in [6.45, 7) is 0. The van der Waals surface area contributed by atoms with Crippen LogP contribution in [0.3, 0.4) is 0 Å². The van der Waals surface area contributed by atoms with Gasteiger partial charge in [-0.25, -0.2) is 0 Å². The van der Waals surface area contributed by atoms with Crippen LogP contribution in [0.1, 0.15) is 9.67 Å². The summed E-state index contributed by atoms with van der Waals surface area (Å²) < 4.78 is 0.601. The zero-order valence-electron chi connectivity index (χ0n) is 4.86. The monoisotopic (exact) mass is 237 g/mol. The standard InChI is InChI=1S/C6H3BrClOS/c7-3-4(9)5-1-2-6(8)10-5/h2H,3H2. The Labute approximate surface area is 76.1 Å². The molecular formula is C6H3BrClOS. The van der Waals surface area contributed by atoms with E-state index in [1.807, 2.05) is 0 Å². The molecule has 0 saturated carbocycles. The summed E-state index contributed by atoms with van der Waals surface area (Å²) in [6.07, 6.45) is 0. The van der Waals surface area contributed by atoms with Gasteiger partial charge in [-0.2, -0.15) is 0 Å². The van der Waals surface area contributed by atoms with Crippen LogP contribution in [-0.4, -0.2) is 11.1 Å². The van der Waals surface area contributed by atoms with E-state index in [-0.39, 0.29) is 5.78 Å². The van der Waals surface area contributed by atoms with Gasteiger partial charge in [0.15, 0.2) is 5.78 Å². The van der Waals surface area contributed by atoms with E-state index in [1.54, 1.807) is 6.07 Å². The third-order valence-corrected chi connectivity index (χ3v) is 2.60. The SMILES string of the molecule is O=C(CBr)c1[c]cc(Cl)s1. The minimum absolute atomic E-state index is 0.0249. The van der Waals surface area contributed by atoms with Crippen molar-refractivity contribution < 1.29 is 4.79 Å². The molecule has 4 heteroatoms. The maximum Gasteiger partial charge on any atom is 0.183 e. The Bertz CT molecular complexity index is 246. The van der Waals surface area contributed by atoms with E-state index in [4.69, 9.17) is 11.6 Å². The molecule has 53 valence electrons. The summed E-state index contributed by atoms with van der Waals surface area (Å²) in [5.41, 5.74) is 0. The van der Waals surface area contributed by atoms with E-state index in [9.17, 15) is 4.79 Å². The van der Waals surface area contributed by atoms with Crippen LogP contribution in [0.4, 0.5) is 0 Å². The topological polar surface area (TPSA) is 17.1 Å². The van der Waals surface area contributed by atoms with Crippen LogP contribution in [0.15, 0.2) is 6.07 Å². The molecule has 1 aromatic heterocycles. The Hall–Kier alpha value is 0.140. The molecular weight excluding hydrogens is 235 g/mol. The first-order chi connectivity index (χ1) is 4.74. The van der Waals surface area contributed by atoms with Crippen LogP contribution in [0, 0.1) is 6.07 Å². The van der Waals surface area contributed by atoms with Gasteiger partial charge < -0.3 is 0 Å². The quantitative estimate of drug-likeness (QED) is 0.572. The zero-order valence-corrected chi connectivity index (χ0v) is 8.02. The van der Waals surface area contributed by atoms with Crippen molar-refractivity contribution in [3.63, 3.8) is 0 Å². The Balaban J connectivity index is 2.85. The lowest BCUT2D eigenvalue weighted by molar-refractivity contribution is 0.102. The first-order valence-corrected chi connectivity index (χ1v) is 4.82. The fourth-order valence-electron chi connectivity index (χ4n) is 0.477. The van der Waals surface area contributed by atoms with E-state index >= 15 is 0 Å². The van der Waals surface area contributed by atoms with Crippen LogP contribution in [0.5, 0.6) is 0 Å². The molecule has 0 atom stereocenters. The molecule has 0 saturated heterocycles. The van der Waals surface area contributed by atoms with Crippen molar-refractivity contribution >= 4 is 44.7 Å². The van der Waals surface area contributed by atoms with Gasteiger partial charge in [0.1, 0.15) is 0 Å². The zero-order chi connectivity index (χ0) is 7.56. The molecule has 0 amide bonds. The van der Waals surface area contributed by atoms with E-state index < -0.39 is 0 Å². The largest absolute Gasteiger partial charge is 0.292 e. The summed E-state index contributed by atoms with van der Waals surface area (Å²) in [5.74, 6) is 0.0249. The van der Waals surface area contributed by atoms with Crippen molar-refractivity contribution in [2.24, 2.45) is 0 Å². The summed E-state index contributed by atoms with van der Waals surface area (Å²) in [6, 6.07) is 4.36. The molecule has 0 bridgehead atoms. The number of hydrogen-bond acceptors (Lipinski definition) is 2. The lowest BCUT2D eigenvalue weighted by Gasteiger charge is -1.85. The molecule has 1 rings (SSSR count). The second-order valence-electron chi connectivity index (χ2n) is 1.58. The van der Waals surface area contributed by atoms with Gasteiger partial charge in [-0.1, -0.05) is 27.5 Å². The third kappa shape index (κ3) is 1.81. The van der Waals surface area contributed by atoms with Gasteiger partial charge in [0.2, 0.25) is 0 Å². The average molecular weight is 239 g/mol. The normalized spacial score (nSPS) is 9.80. The van der Waals surface area contributed by atoms with E-state index in [0.717, 1.165) is 0 Å². The highest BCUT2D eigenvalue weighted by molar-refractivity contribution is 9.09. The van der Waals surface area contributed by atoms with Crippen molar-refractivity contribution in [3.8, 4) is 0 Å². The lowest BCUT2D eigenvalue weighted by Crippen LogP contribution is -1.95. The molecule has 1 aromatic rings. The van der Waals surface area contributed by atoms with Crippen molar-refractivity contribution in [1.29, 1.82) is 0 Å². The molecule has 0 unspecified atom stereocenters. The van der Waals surface area contributed by atoms with E-state index in [0.29, 0.717) is 14.5 Å². The van der Waals surface area contributed by atoms with Gasteiger partial charge in [-0.15, -0.1) is 11.3 Å². The first kappa shape index (κ1) is 8.24. The molecule has 0 aliphatic heterocycles. The number of alkyl halides is 1. The van der Waals surface area contributed by atoms with Crippen LogP contribution in [0.25, 0.3) is 0 Å². The van der Waals surface area contributed by atoms with Crippen molar-refractivity contribution in [2.75, 3.05) is 5.33 Å². The average Bonchev–Trinajstić information content (AvgIpc) is 2.34. The van der Waals surface area contributed by atoms with Crippen molar-refractivity contribution in [2.45, 2.75) is 0 Å². The molecule has 0 aromatic carbocycles. The molecule has 1 radical (unpaired) electrons. The minimum atomic E-state index is 0.0249. The summed E-state index contributed by atoms with van der Waals surface area (Å²) in [4.78, 5) is 11.5. The highest BCUT2D eigenvalue weighted by atomic mass is 79.9. The smallest absolute Gasteiger partial charge is 0.183 e. The third-order valence-electron chi connectivity index (χ3n) is 0.891. The molecule has 0 aliphatic rings. The molecule has 10 heavy (non-hydrogen) atoms. The van der Waals surface area contributed by atoms with Crippen molar-refractivity contribution in [3.05, 3.63) is 21.3 Å². The number of Topliss-reactive ketones (excluding diaryl/α,β-unsaturated/α-hetero) is 1. The van der Waals surface area contributed by atoms with Gasteiger partial charge in [0, 0.05) is 6.07 Å². The Kier molecular flexibility index (Phi) is 2.89. The molecule has 0 spiro atoms. The predicted octanol–water partition coefficient (Wildman–Crippen LogP) is 2.78. The summed E-state index contributed by atoms with van der Waals surface area (Å²) >= 11 is 9.89. The predicted molar refractivity (Wildman–Crippen MR) is 46.3 cm³/mol. The molecule has 1 nitrogen and oxygen atoms in total. The number of thiophene rings is 1. The highest BCUT2D eigenvalue weighted by Gasteiger charge is 2.05. The van der Waals surface area contributed by atoms with Crippen LogP contribution >= 0.6 is 38.9 Å². The van der Waals surface area contributed by atoms with Crippen LogP contribution in [0.2, 0.25) is 4.34 Å². The molecule has 0 N–H and O–H groups in total. The molecule has 0 aliphatic carbocycles. The molecule has 1 heterocycles. The second-order valence-corrected chi connectivity index (χ2v) is 3.83. The number of halogens is 2. The van der Waals surface area contributed by atoms with Gasteiger partial charge in [-0.3, -0.25) is 4.79 Å². The van der Waals surface area contributed by atoms with Crippen molar-refractivity contribution in [1.82, 2.24) is 0 Å². The number of ketones is 1. The van der Waals surface area contributed by atoms with Gasteiger partial charge >= 0.3 is 0 Å². The van der Waals surface area contributed by atoms with Gasteiger partial charge in [0.25, 0.3) is 0 Å². The summed E-state index contributed by atoms with van der Waals surface area (Å²) in [7, 11) is 0. The maximum atomic E-state index is 10.9. The number of carbonyl (C=O) groups is 1. The van der Waals surface area contributed by atoms with E-state index in [2.05, 4.69) is 22.0 Å². The maximum absolute atomic E-state index is 10.9.